The Balaban J connectivity index is 1.35. The van der Waals surface area contributed by atoms with Gasteiger partial charge in [0.2, 0.25) is 6.10 Å². The Morgan fingerprint density at radius 3 is 2.60 bits per heavy atom. The number of benzene rings is 1. The van der Waals surface area contributed by atoms with Crippen LogP contribution in [0.3, 0.4) is 0 Å². The predicted molar refractivity (Wildman–Crippen MR) is 161 cm³/mol. The molecule has 17 nitrogen and oxygen atoms in total. The number of anilines is 2. The van der Waals surface area contributed by atoms with Crippen molar-refractivity contribution in [1.82, 2.24) is 25.2 Å². The fraction of sp³-hybridized carbons (Fsp3) is 0.200. The maximum atomic E-state index is 13.4. The highest BCUT2D eigenvalue weighted by Gasteiger charge is 2.54. The molecule has 0 aliphatic carbocycles. The van der Waals surface area contributed by atoms with Crippen LogP contribution in [0.5, 0.6) is 11.5 Å². The average Bonchev–Trinajstić information content (AvgIpc) is 3.43. The van der Waals surface area contributed by atoms with Crippen LogP contribution in [0.25, 0.3) is 0 Å². The fourth-order valence-electron chi connectivity index (χ4n) is 4.24. The number of aromatic nitrogens is 3. The number of thioether (sulfide) groups is 2. The molecule has 0 radical (unpaired) electrons. The van der Waals surface area contributed by atoms with E-state index in [0.717, 1.165) is 40.1 Å². The molecule has 0 unspecified atom stereocenters. The highest BCUT2D eigenvalue weighted by atomic mass is 32.2. The number of aliphatic carboxylic acids is 2. The van der Waals surface area contributed by atoms with E-state index in [2.05, 4.69) is 25.4 Å². The summed E-state index contributed by atoms with van der Waals surface area (Å²) in [4.78, 5) is 69.2. The van der Waals surface area contributed by atoms with Gasteiger partial charge in [-0.3, -0.25) is 14.5 Å². The summed E-state index contributed by atoms with van der Waals surface area (Å²) in [5.74, 6) is -4.97. The lowest BCUT2D eigenvalue weighted by Crippen LogP contribution is -2.71. The lowest BCUT2D eigenvalue weighted by atomic mass is 10.0. The highest BCUT2D eigenvalue weighted by Crippen LogP contribution is 2.41. The Bertz CT molecular complexity index is 1760. The quantitative estimate of drug-likeness (QED) is 0.0366. The molecule has 5 rings (SSSR count). The number of thiazole rings is 1. The molecule has 3 atom stereocenters. The lowest BCUT2D eigenvalue weighted by molar-refractivity contribution is -0.151. The second-order valence-electron chi connectivity index (χ2n) is 9.25. The third-order valence-corrected chi connectivity index (χ3v) is 9.28. The smallest absolute Gasteiger partial charge is 0.352 e. The molecule has 4 heterocycles. The van der Waals surface area contributed by atoms with Gasteiger partial charge in [-0.05, 0) is 23.8 Å². The molecule has 2 aromatic heterocycles. The molecule has 2 aliphatic rings. The first kappa shape index (κ1) is 31.3. The van der Waals surface area contributed by atoms with Crippen LogP contribution in [0.1, 0.15) is 17.4 Å². The van der Waals surface area contributed by atoms with Crippen LogP contribution in [-0.2, 0) is 24.0 Å². The van der Waals surface area contributed by atoms with Crippen molar-refractivity contribution in [2.45, 2.75) is 22.7 Å². The third-order valence-electron chi connectivity index (χ3n) is 6.32. The van der Waals surface area contributed by atoms with E-state index in [4.69, 9.17) is 16.3 Å². The number of amides is 2. The van der Waals surface area contributed by atoms with Crippen molar-refractivity contribution in [3.8, 4) is 11.5 Å². The maximum absolute atomic E-state index is 13.4. The number of carbonyl (C=O) groups is 4. The number of phenols is 2. The van der Waals surface area contributed by atoms with Gasteiger partial charge in [0.15, 0.2) is 27.5 Å². The van der Waals surface area contributed by atoms with Gasteiger partial charge in [0.25, 0.3) is 11.8 Å². The fourth-order valence-corrected chi connectivity index (χ4v) is 7.11. The molecular weight excluding hydrogens is 653 g/mol. The van der Waals surface area contributed by atoms with Gasteiger partial charge in [0, 0.05) is 28.6 Å². The van der Waals surface area contributed by atoms with Gasteiger partial charge in [-0.1, -0.05) is 23.0 Å². The number of rotatable bonds is 11. The van der Waals surface area contributed by atoms with Gasteiger partial charge in [-0.25, -0.2) is 24.5 Å². The molecule has 2 aliphatic heterocycles. The molecule has 0 spiro atoms. The van der Waals surface area contributed by atoms with Crippen LogP contribution in [0.4, 0.5) is 10.9 Å². The lowest BCUT2D eigenvalue weighted by Gasteiger charge is -2.49. The summed E-state index contributed by atoms with van der Waals surface area (Å²) in [5, 5.41) is 46.2. The summed E-state index contributed by atoms with van der Waals surface area (Å²) in [6.45, 7) is 0. The van der Waals surface area contributed by atoms with Crippen LogP contribution >= 0.6 is 34.9 Å². The van der Waals surface area contributed by atoms with Crippen LogP contribution in [0.2, 0.25) is 0 Å². The minimum atomic E-state index is -1.82. The van der Waals surface area contributed by atoms with E-state index < -0.39 is 58.5 Å². The normalized spacial score (nSPS) is 18.5. The molecule has 234 valence electrons. The third kappa shape index (κ3) is 6.56. The number of β-lactam (4-membered cyclic amide) rings is 1. The van der Waals surface area contributed by atoms with Crippen molar-refractivity contribution in [3.63, 3.8) is 0 Å². The number of carboxylic acid groups (broad SMARTS) is 2. The zero-order valence-corrected chi connectivity index (χ0v) is 25.0. The molecule has 20 heteroatoms. The summed E-state index contributed by atoms with van der Waals surface area (Å²) < 4.78 is 0. The molecule has 1 aromatic carbocycles. The molecule has 0 bridgehead atoms. The number of carbonyl (C=O) groups excluding carboxylic acids is 2. The van der Waals surface area contributed by atoms with Crippen LogP contribution in [0, 0.1) is 0 Å². The van der Waals surface area contributed by atoms with E-state index in [1.807, 2.05) is 0 Å². The maximum Gasteiger partial charge on any atom is 0.352 e. The molecule has 2 amide bonds. The zero-order valence-electron chi connectivity index (χ0n) is 22.6. The number of nitrogens with zero attached hydrogens (tertiary/aromatic N) is 5. The first-order valence-corrected chi connectivity index (χ1v) is 15.5. The molecule has 0 saturated carbocycles. The van der Waals surface area contributed by atoms with E-state index in [0.29, 0.717) is 10.7 Å². The van der Waals surface area contributed by atoms with Crippen molar-refractivity contribution in [3.05, 3.63) is 58.4 Å². The number of fused-ring (bicyclic) bond motifs is 1. The van der Waals surface area contributed by atoms with Gasteiger partial charge in [0.1, 0.15) is 28.6 Å². The number of aromatic hydroxyl groups is 2. The molecule has 1 saturated heterocycles. The van der Waals surface area contributed by atoms with E-state index in [9.17, 15) is 39.6 Å². The SMILES string of the molecule is Nc1ccnc(SCC2=C(C(=O)O)N3C(=O)[C@@H](NC(=O)/C(=N\O[C@H](C(=O)O)c4ccc(O)c(O)c4)c4csc(N)n4)[C@H]3SC2)n1. The largest absolute Gasteiger partial charge is 0.504 e. The predicted octanol–water partition coefficient (Wildman–Crippen LogP) is 0.586. The van der Waals surface area contributed by atoms with Gasteiger partial charge in [-0.15, -0.1) is 23.1 Å². The Hall–Kier alpha value is -5.08. The van der Waals surface area contributed by atoms with Crippen molar-refractivity contribution < 1.29 is 44.4 Å². The van der Waals surface area contributed by atoms with Crippen molar-refractivity contribution in [2.24, 2.45) is 5.16 Å². The molecular formula is C25H22N8O9S3. The first-order valence-electron chi connectivity index (χ1n) is 12.6. The molecule has 45 heavy (non-hydrogen) atoms. The second-order valence-corrected chi connectivity index (χ2v) is 12.2. The number of phenolic OH excluding ortho intramolecular Hbond substituents is 2. The number of nitrogen functional groups attached to an aromatic ring is 2. The Kier molecular flexibility index (Phi) is 8.97. The second kappa shape index (κ2) is 12.9. The molecule has 3 aromatic rings. The average molecular weight is 675 g/mol. The number of hydrogen-bond donors (Lipinski definition) is 7. The van der Waals surface area contributed by atoms with E-state index in [-0.39, 0.29) is 39.4 Å². The van der Waals surface area contributed by atoms with E-state index in [1.54, 1.807) is 0 Å². The Morgan fingerprint density at radius 2 is 1.96 bits per heavy atom. The summed E-state index contributed by atoms with van der Waals surface area (Å²) in [7, 11) is 0. The summed E-state index contributed by atoms with van der Waals surface area (Å²) in [6, 6.07) is 3.53. The number of nitrogens with one attached hydrogen (secondary N) is 1. The monoisotopic (exact) mass is 674 g/mol. The Morgan fingerprint density at radius 1 is 1.18 bits per heavy atom. The zero-order chi connectivity index (χ0) is 32.4. The summed E-state index contributed by atoms with van der Waals surface area (Å²) in [5.41, 5.74) is 10.9. The van der Waals surface area contributed by atoms with E-state index in [1.165, 1.54) is 35.5 Å². The number of nitrogens with two attached hydrogens (primary N) is 2. The minimum Gasteiger partial charge on any atom is -0.504 e. The van der Waals surface area contributed by atoms with Gasteiger partial charge in [0.05, 0.1) is 0 Å². The summed E-state index contributed by atoms with van der Waals surface area (Å²) in [6.07, 6.45) is -0.347. The van der Waals surface area contributed by atoms with E-state index >= 15 is 0 Å². The first-order chi connectivity index (χ1) is 21.4. The highest BCUT2D eigenvalue weighted by molar-refractivity contribution is 8.01. The van der Waals surface area contributed by atoms with Crippen molar-refractivity contribution in [1.29, 1.82) is 0 Å². The van der Waals surface area contributed by atoms with Crippen LogP contribution < -0.4 is 16.8 Å². The van der Waals surface area contributed by atoms with Crippen molar-refractivity contribution in [2.75, 3.05) is 23.0 Å². The van der Waals surface area contributed by atoms with Crippen LogP contribution in [-0.4, -0.2) is 92.7 Å². The number of hydrogen-bond acceptors (Lipinski definition) is 16. The topological polar surface area (TPSA) is 277 Å². The Labute approximate surface area is 265 Å². The van der Waals surface area contributed by atoms with Gasteiger partial charge >= 0.3 is 11.9 Å². The minimum absolute atomic E-state index is 0.0581. The van der Waals surface area contributed by atoms with Crippen LogP contribution in [0.15, 0.2) is 57.4 Å². The van der Waals surface area contributed by atoms with Gasteiger partial charge in [-0.2, -0.15) is 0 Å². The molecule has 1 fully saturated rings. The standard InChI is InChI=1S/C25H22N8O9S3/c26-14-3-4-28-25(30-14)45-7-10-6-43-21-16(20(37)33(21)17(10)22(38)39)31-19(36)15(11-8-44-24(27)29-11)32-42-18(23(40)41)9-1-2-12(34)13(35)5-9/h1-5,8,16,18,21,34-35H,6-7H2,(H2,27,29)(H,31,36)(H,38,39)(H,40,41)(H2,26,28,30)/b32-15-/t16-,18+,21-/m1/s1. The number of oxime groups is 1. The number of carboxylic acids is 2. The molecule has 9 N–H and O–H groups in total. The van der Waals surface area contributed by atoms with Crippen molar-refractivity contribution >= 4 is 75.3 Å². The summed E-state index contributed by atoms with van der Waals surface area (Å²) >= 11 is 3.35. The van der Waals surface area contributed by atoms with Gasteiger partial charge < -0.3 is 42.0 Å².